The van der Waals surface area contributed by atoms with Gasteiger partial charge in [0.25, 0.3) is 0 Å². The molecule has 0 heterocycles. The molecule has 0 aliphatic heterocycles. The Bertz CT molecular complexity index is 258. The standard InChI is InChI=1S/C13H22O/c1-10(9-14)5-7-12-8-6-11(2)13(12,3)4/h5,8,11,14H,6-7,9H2,1-4H3. The second-order valence-corrected chi connectivity index (χ2v) is 5.00. The molecule has 0 saturated carbocycles. The maximum atomic E-state index is 8.90. The van der Waals surface area contributed by atoms with E-state index in [-0.39, 0.29) is 6.61 Å². The monoisotopic (exact) mass is 194 g/mol. The zero-order valence-electron chi connectivity index (χ0n) is 9.80. The maximum Gasteiger partial charge on any atom is 0.0639 e. The molecule has 0 spiro atoms. The van der Waals surface area contributed by atoms with E-state index in [1.807, 2.05) is 6.92 Å². The number of hydrogen-bond donors (Lipinski definition) is 1. The van der Waals surface area contributed by atoms with Crippen LogP contribution in [0, 0.1) is 11.3 Å². The molecule has 0 aromatic rings. The van der Waals surface area contributed by atoms with Crippen LogP contribution >= 0.6 is 0 Å². The molecule has 0 saturated heterocycles. The zero-order valence-corrected chi connectivity index (χ0v) is 9.80. The Kier molecular flexibility index (Phi) is 3.54. The van der Waals surface area contributed by atoms with Gasteiger partial charge >= 0.3 is 0 Å². The molecule has 1 N–H and O–H groups in total. The van der Waals surface area contributed by atoms with Gasteiger partial charge in [0.15, 0.2) is 0 Å². The summed E-state index contributed by atoms with van der Waals surface area (Å²) in [5.74, 6) is 0.750. The SMILES string of the molecule is CC(=CCC1=CCC(C)C1(C)C)CO. The quantitative estimate of drug-likeness (QED) is 0.683. The second kappa shape index (κ2) is 4.31. The highest BCUT2D eigenvalue weighted by atomic mass is 16.3. The predicted octanol–water partition coefficient (Wildman–Crippen LogP) is 3.31. The highest BCUT2D eigenvalue weighted by Gasteiger charge is 2.32. The van der Waals surface area contributed by atoms with Crippen LogP contribution in [0.15, 0.2) is 23.3 Å². The molecule has 0 fully saturated rings. The van der Waals surface area contributed by atoms with E-state index < -0.39 is 0 Å². The van der Waals surface area contributed by atoms with E-state index in [0.717, 1.165) is 17.9 Å². The summed E-state index contributed by atoms with van der Waals surface area (Å²) in [6, 6.07) is 0. The first-order chi connectivity index (χ1) is 6.48. The Morgan fingerprint density at radius 2 is 2.29 bits per heavy atom. The Hall–Kier alpha value is -0.560. The van der Waals surface area contributed by atoms with E-state index in [1.165, 1.54) is 12.0 Å². The summed E-state index contributed by atoms with van der Waals surface area (Å²) in [5, 5.41) is 8.90. The van der Waals surface area contributed by atoms with Gasteiger partial charge in [0.05, 0.1) is 6.61 Å². The summed E-state index contributed by atoms with van der Waals surface area (Å²) in [6.07, 6.45) is 6.72. The van der Waals surface area contributed by atoms with Crippen molar-refractivity contribution in [3.05, 3.63) is 23.3 Å². The smallest absolute Gasteiger partial charge is 0.0639 e. The maximum absolute atomic E-state index is 8.90. The van der Waals surface area contributed by atoms with Crippen LogP contribution in [0.1, 0.15) is 40.5 Å². The molecule has 0 aromatic heterocycles. The first-order valence-corrected chi connectivity index (χ1v) is 5.44. The number of aliphatic hydroxyl groups excluding tert-OH is 1. The van der Waals surface area contributed by atoms with Crippen molar-refractivity contribution in [3.8, 4) is 0 Å². The lowest BCUT2D eigenvalue weighted by atomic mass is 9.77. The number of aliphatic hydroxyl groups is 1. The van der Waals surface area contributed by atoms with Crippen molar-refractivity contribution in [3.63, 3.8) is 0 Å². The van der Waals surface area contributed by atoms with Crippen molar-refractivity contribution in [1.82, 2.24) is 0 Å². The molecule has 1 nitrogen and oxygen atoms in total. The first kappa shape index (κ1) is 11.5. The summed E-state index contributed by atoms with van der Waals surface area (Å²) in [4.78, 5) is 0. The molecule has 1 heteroatoms. The molecule has 1 aliphatic rings. The third-order valence-electron chi connectivity index (χ3n) is 3.70. The van der Waals surface area contributed by atoms with Gasteiger partial charge in [-0.05, 0) is 31.1 Å². The highest BCUT2D eigenvalue weighted by Crippen LogP contribution is 2.44. The fraction of sp³-hybridized carbons (Fsp3) is 0.692. The normalized spacial score (nSPS) is 26.5. The van der Waals surface area contributed by atoms with Gasteiger partial charge in [-0.25, -0.2) is 0 Å². The Morgan fingerprint density at radius 1 is 1.64 bits per heavy atom. The Morgan fingerprint density at radius 3 is 2.71 bits per heavy atom. The molecule has 0 amide bonds. The molecular formula is C13H22O. The largest absolute Gasteiger partial charge is 0.392 e. The van der Waals surface area contributed by atoms with Crippen LogP contribution in [0.4, 0.5) is 0 Å². The molecule has 0 bridgehead atoms. The lowest BCUT2D eigenvalue weighted by molar-refractivity contribution is 0.312. The van der Waals surface area contributed by atoms with Crippen molar-refractivity contribution >= 4 is 0 Å². The van der Waals surface area contributed by atoms with Crippen LogP contribution in [0.3, 0.4) is 0 Å². The van der Waals surface area contributed by atoms with Crippen LogP contribution in [0.25, 0.3) is 0 Å². The summed E-state index contributed by atoms with van der Waals surface area (Å²) in [7, 11) is 0. The number of rotatable bonds is 3. The van der Waals surface area contributed by atoms with E-state index in [1.54, 1.807) is 0 Å². The van der Waals surface area contributed by atoms with E-state index in [4.69, 9.17) is 5.11 Å². The molecule has 0 radical (unpaired) electrons. The van der Waals surface area contributed by atoms with Gasteiger partial charge in [-0.2, -0.15) is 0 Å². The van der Waals surface area contributed by atoms with Gasteiger partial charge in [0, 0.05) is 0 Å². The van der Waals surface area contributed by atoms with Gasteiger partial charge in [-0.3, -0.25) is 0 Å². The summed E-state index contributed by atoms with van der Waals surface area (Å²) in [6.45, 7) is 9.11. The molecule has 1 rings (SSSR count). The Labute approximate surface area is 87.5 Å². The average Bonchev–Trinajstić information content (AvgIpc) is 2.39. The summed E-state index contributed by atoms with van der Waals surface area (Å²) in [5.41, 5.74) is 2.94. The van der Waals surface area contributed by atoms with Crippen molar-refractivity contribution in [2.45, 2.75) is 40.5 Å². The fourth-order valence-corrected chi connectivity index (χ4v) is 1.89. The first-order valence-electron chi connectivity index (χ1n) is 5.44. The van der Waals surface area contributed by atoms with E-state index >= 15 is 0 Å². The zero-order chi connectivity index (χ0) is 10.8. The molecule has 80 valence electrons. The van der Waals surface area contributed by atoms with Crippen LogP contribution in [-0.2, 0) is 0 Å². The molecule has 14 heavy (non-hydrogen) atoms. The molecule has 0 aromatic carbocycles. The predicted molar refractivity (Wildman–Crippen MR) is 61.1 cm³/mol. The minimum Gasteiger partial charge on any atom is -0.392 e. The summed E-state index contributed by atoms with van der Waals surface area (Å²) >= 11 is 0. The molecule has 1 atom stereocenters. The topological polar surface area (TPSA) is 20.2 Å². The van der Waals surface area contributed by atoms with Gasteiger partial charge in [0.1, 0.15) is 0 Å². The Balaban J connectivity index is 2.63. The molecular weight excluding hydrogens is 172 g/mol. The van der Waals surface area contributed by atoms with Crippen LogP contribution in [0.2, 0.25) is 0 Å². The fourth-order valence-electron chi connectivity index (χ4n) is 1.89. The van der Waals surface area contributed by atoms with Gasteiger partial charge in [-0.1, -0.05) is 44.1 Å². The average molecular weight is 194 g/mol. The van der Waals surface area contributed by atoms with Crippen LogP contribution < -0.4 is 0 Å². The minimum atomic E-state index is 0.184. The van der Waals surface area contributed by atoms with Crippen molar-refractivity contribution < 1.29 is 5.11 Å². The van der Waals surface area contributed by atoms with Crippen molar-refractivity contribution in [2.75, 3.05) is 6.61 Å². The lowest BCUT2D eigenvalue weighted by Gasteiger charge is -2.28. The lowest BCUT2D eigenvalue weighted by Crippen LogP contribution is -2.18. The van der Waals surface area contributed by atoms with Crippen molar-refractivity contribution in [2.24, 2.45) is 11.3 Å². The third kappa shape index (κ3) is 2.27. The molecule has 1 aliphatic carbocycles. The van der Waals surface area contributed by atoms with E-state index in [2.05, 4.69) is 32.9 Å². The number of allylic oxidation sites excluding steroid dienone is 3. The van der Waals surface area contributed by atoms with E-state index in [0.29, 0.717) is 5.41 Å². The van der Waals surface area contributed by atoms with Gasteiger partial charge < -0.3 is 5.11 Å². The molecule has 1 unspecified atom stereocenters. The van der Waals surface area contributed by atoms with Crippen LogP contribution in [0.5, 0.6) is 0 Å². The minimum absolute atomic E-state index is 0.184. The number of hydrogen-bond acceptors (Lipinski definition) is 1. The third-order valence-corrected chi connectivity index (χ3v) is 3.70. The van der Waals surface area contributed by atoms with Crippen molar-refractivity contribution in [1.29, 1.82) is 0 Å². The van der Waals surface area contributed by atoms with E-state index in [9.17, 15) is 0 Å². The van der Waals surface area contributed by atoms with Gasteiger partial charge in [-0.15, -0.1) is 0 Å². The second-order valence-electron chi connectivity index (χ2n) is 5.00. The van der Waals surface area contributed by atoms with Gasteiger partial charge in [0.2, 0.25) is 0 Å². The van der Waals surface area contributed by atoms with Crippen LogP contribution in [-0.4, -0.2) is 11.7 Å². The highest BCUT2D eigenvalue weighted by molar-refractivity contribution is 5.23. The summed E-state index contributed by atoms with van der Waals surface area (Å²) < 4.78 is 0.